The van der Waals surface area contributed by atoms with Crippen LogP contribution in [0.2, 0.25) is 0 Å². The van der Waals surface area contributed by atoms with Gasteiger partial charge in [0.25, 0.3) is 10.0 Å². The Morgan fingerprint density at radius 1 is 1.20 bits per heavy atom. The number of hydrogen-bond acceptors (Lipinski definition) is 6. The Morgan fingerprint density at radius 2 is 1.75 bits per heavy atom. The summed E-state index contributed by atoms with van der Waals surface area (Å²) in [5.41, 5.74) is 0.213. The molecule has 1 rings (SSSR count). The summed E-state index contributed by atoms with van der Waals surface area (Å²) in [5, 5.41) is 0. The molecular weight excluding hydrogens is 286 g/mol. The van der Waals surface area contributed by atoms with Crippen LogP contribution in [-0.4, -0.2) is 45.5 Å². The summed E-state index contributed by atoms with van der Waals surface area (Å²) in [6, 6.07) is 5.05. The van der Waals surface area contributed by atoms with Gasteiger partial charge in [0.1, 0.15) is 0 Å². The van der Waals surface area contributed by atoms with Crippen LogP contribution in [0.25, 0.3) is 0 Å². The molecular formula is C12H15NO6S. The minimum Gasteiger partial charge on any atom is -0.465 e. The van der Waals surface area contributed by atoms with Crippen molar-refractivity contribution in [3.05, 3.63) is 29.8 Å². The van der Waals surface area contributed by atoms with Crippen molar-refractivity contribution in [2.24, 2.45) is 0 Å². The number of esters is 1. The highest BCUT2D eigenvalue weighted by Gasteiger charge is 2.26. The zero-order valence-corrected chi connectivity index (χ0v) is 12.1. The first-order valence-corrected chi connectivity index (χ1v) is 7.12. The molecule has 0 aliphatic heterocycles. The molecule has 0 bridgehead atoms. The maximum absolute atomic E-state index is 12.1. The molecule has 8 heteroatoms. The van der Waals surface area contributed by atoms with E-state index in [-0.39, 0.29) is 17.1 Å². The first-order valence-electron chi connectivity index (χ1n) is 5.68. The number of rotatable bonds is 4. The van der Waals surface area contributed by atoms with Crippen LogP contribution in [0.15, 0.2) is 29.2 Å². The Balaban J connectivity index is 3.04. The first kappa shape index (κ1) is 16.0. The number of methoxy groups -OCH3 is 1. The number of ether oxygens (including phenoxy) is 2. The van der Waals surface area contributed by atoms with E-state index in [0.717, 1.165) is 7.05 Å². The van der Waals surface area contributed by atoms with Crippen LogP contribution in [-0.2, 0) is 19.5 Å². The predicted molar refractivity (Wildman–Crippen MR) is 69.8 cm³/mol. The van der Waals surface area contributed by atoms with E-state index in [2.05, 4.69) is 9.47 Å². The molecule has 0 aromatic heterocycles. The third-order valence-corrected chi connectivity index (χ3v) is 4.20. The van der Waals surface area contributed by atoms with Gasteiger partial charge in [-0.2, -0.15) is 0 Å². The number of amides is 1. The molecule has 0 aliphatic rings. The summed E-state index contributed by atoms with van der Waals surface area (Å²) in [7, 11) is -1.68. The maximum atomic E-state index is 12.1. The molecule has 1 amide bonds. The molecule has 0 saturated heterocycles. The van der Waals surface area contributed by atoms with Crippen molar-refractivity contribution in [3.63, 3.8) is 0 Å². The highest BCUT2D eigenvalue weighted by molar-refractivity contribution is 7.89. The summed E-state index contributed by atoms with van der Waals surface area (Å²) < 4.78 is 33.9. The van der Waals surface area contributed by atoms with Crippen LogP contribution < -0.4 is 0 Å². The molecule has 7 nitrogen and oxygen atoms in total. The maximum Gasteiger partial charge on any atom is 0.423 e. The van der Waals surface area contributed by atoms with Gasteiger partial charge < -0.3 is 9.47 Å². The zero-order valence-electron chi connectivity index (χ0n) is 11.3. The van der Waals surface area contributed by atoms with E-state index >= 15 is 0 Å². The minimum atomic E-state index is -4.00. The summed E-state index contributed by atoms with van der Waals surface area (Å²) in [4.78, 5) is 22.6. The van der Waals surface area contributed by atoms with Gasteiger partial charge in [-0.3, -0.25) is 0 Å². The Labute approximate surface area is 117 Å². The van der Waals surface area contributed by atoms with Crippen molar-refractivity contribution < 1.29 is 27.5 Å². The monoisotopic (exact) mass is 301 g/mol. The van der Waals surface area contributed by atoms with E-state index in [1.54, 1.807) is 6.92 Å². The highest BCUT2D eigenvalue weighted by Crippen LogP contribution is 2.16. The van der Waals surface area contributed by atoms with Crippen molar-refractivity contribution >= 4 is 22.1 Å². The smallest absolute Gasteiger partial charge is 0.423 e. The lowest BCUT2D eigenvalue weighted by molar-refractivity contribution is 0.0600. The van der Waals surface area contributed by atoms with Gasteiger partial charge in [0.05, 0.1) is 24.2 Å². The molecule has 1 aromatic carbocycles. The van der Waals surface area contributed by atoms with E-state index in [1.807, 2.05) is 0 Å². The Kier molecular flexibility index (Phi) is 5.09. The highest BCUT2D eigenvalue weighted by atomic mass is 32.2. The van der Waals surface area contributed by atoms with Gasteiger partial charge in [0.15, 0.2) is 0 Å². The number of carbonyl (C=O) groups is 2. The molecule has 20 heavy (non-hydrogen) atoms. The quantitative estimate of drug-likeness (QED) is 0.777. The number of nitrogens with zero attached hydrogens (tertiary/aromatic N) is 1. The normalized spacial score (nSPS) is 10.8. The van der Waals surface area contributed by atoms with Crippen LogP contribution in [0.5, 0.6) is 0 Å². The Morgan fingerprint density at radius 3 is 2.20 bits per heavy atom. The molecule has 0 aliphatic carbocycles. The van der Waals surface area contributed by atoms with Gasteiger partial charge in [0, 0.05) is 7.05 Å². The molecule has 110 valence electrons. The van der Waals surface area contributed by atoms with E-state index in [1.165, 1.54) is 31.4 Å². The molecule has 0 atom stereocenters. The average molecular weight is 301 g/mol. The number of benzene rings is 1. The summed E-state index contributed by atoms with van der Waals surface area (Å²) in [6.45, 7) is 1.64. The standard InChI is InChI=1S/C12H15NO6S/c1-4-19-12(15)13(2)20(16,17)10-7-5-9(6-8-10)11(14)18-3/h5-8H,4H2,1-3H3. The van der Waals surface area contributed by atoms with Crippen molar-refractivity contribution in [1.82, 2.24) is 4.31 Å². The van der Waals surface area contributed by atoms with Crippen LogP contribution in [0.4, 0.5) is 4.79 Å². The third kappa shape index (κ3) is 3.27. The van der Waals surface area contributed by atoms with Crippen molar-refractivity contribution in [2.75, 3.05) is 20.8 Å². The van der Waals surface area contributed by atoms with Gasteiger partial charge in [-0.25, -0.2) is 22.3 Å². The predicted octanol–water partition coefficient (Wildman–Crippen LogP) is 1.25. The molecule has 0 unspecified atom stereocenters. The average Bonchev–Trinajstić information content (AvgIpc) is 2.45. The van der Waals surface area contributed by atoms with Crippen LogP contribution in [0, 0.1) is 0 Å². The van der Waals surface area contributed by atoms with Crippen LogP contribution in [0.1, 0.15) is 17.3 Å². The molecule has 0 heterocycles. The third-order valence-electron chi connectivity index (χ3n) is 2.46. The second-order valence-corrected chi connectivity index (χ2v) is 5.66. The SMILES string of the molecule is CCOC(=O)N(C)S(=O)(=O)c1ccc(C(=O)OC)cc1. The Hall–Kier alpha value is -2.09. The van der Waals surface area contributed by atoms with Crippen LogP contribution in [0.3, 0.4) is 0 Å². The van der Waals surface area contributed by atoms with Gasteiger partial charge in [-0.05, 0) is 31.2 Å². The van der Waals surface area contributed by atoms with E-state index in [9.17, 15) is 18.0 Å². The molecule has 0 saturated carbocycles. The zero-order chi connectivity index (χ0) is 15.3. The summed E-state index contributed by atoms with van der Waals surface area (Å²) in [6.07, 6.45) is -0.968. The lowest BCUT2D eigenvalue weighted by atomic mass is 10.2. The minimum absolute atomic E-state index is 0.0694. The molecule has 0 radical (unpaired) electrons. The Bertz CT molecular complexity index is 593. The van der Waals surface area contributed by atoms with Gasteiger partial charge in [-0.15, -0.1) is 0 Å². The fourth-order valence-electron chi connectivity index (χ4n) is 1.35. The van der Waals surface area contributed by atoms with E-state index < -0.39 is 22.1 Å². The van der Waals surface area contributed by atoms with E-state index in [4.69, 9.17) is 0 Å². The fourth-order valence-corrected chi connectivity index (χ4v) is 2.40. The molecule has 1 aromatic rings. The molecule has 0 N–H and O–H groups in total. The largest absolute Gasteiger partial charge is 0.465 e. The number of sulfonamides is 1. The van der Waals surface area contributed by atoms with Gasteiger partial charge in [0.2, 0.25) is 0 Å². The van der Waals surface area contributed by atoms with Gasteiger partial charge in [-0.1, -0.05) is 0 Å². The van der Waals surface area contributed by atoms with Gasteiger partial charge >= 0.3 is 12.1 Å². The lowest BCUT2D eigenvalue weighted by Crippen LogP contribution is -2.33. The summed E-state index contributed by atoms with van der Waals surface area (Å²) in [5.74, 6) is -0.576. The lowest BCUT2D eigenvalue weighted by Gasteiger charge is -2.16. The second-order valence-electron chi connectivity index (χ2n) is 3.69. The molecule has 0 fully saturated rings. The van der Waals surface area contributed by atoms with Crippen molar-refractivity contribution in [1.29, 1.82) is 0 Å². The second kappa shape index (κ2) is 6.38. The number of carbonyl (C=O) groups excluding carboxylic acids is 2. The van der Waals surface area contributed by atoms with Crippen molar-refractivity contribution in [3.8, 4) is 0 Å². The fraction of sp³-hybridized carbons (Fsp3) is 0.333. The topological polar surface area (TPSA) is 90.0 Å². The molecule has 0 spiro atoms. The van der Waals surface area contributed by atoms with Crippen LogP contribution >= 0.6 is 0 Å². The number of hydrogen-bond donors (Lipinski definition) is 0. The summed E-state index contributed by atoms with van der Waals surface area (Å²) >= 11 is 0. The van der Waals surface area contributed by atoms with E-state index in [0.29, 0.717) is 4.31 Å². The first-order chi connectivity index (χ1) is 9.34. The van der Waals surface area contributed by atoms with Crippen molar-refractivity contribution in [2.45, 2.75) is 11.8 Å².